The van der Waals surface area contributed by atoms with Gasteiger partial charge in [0.15, 0.2) is 12.1 Å². The van der Waals surface area contributed by atoms with Crippen molar-refractivity contribution in [2.45, 2.75) is 6.92 Å². The number of ketones is 1. The minimum absolute atomic E-state index is 0.178. The molecule has 1 aromatic carbocycles. The lowest BCUT2D eigenvalue weighted by atomic mass is 9.99. The van der Waals surface area contributed by atoms with Gasteiger partial charge in [-0.1, -0.05) is 0 Å². The molecule has 3 nitrogen and oxygen atoms in total. The lowest BCUT2D eigenvalue weighted by Crippen LogP contribution is -2.03. The second-order valence-corrected chi connectivity index (χ2v) is 3.53. The average Bonchev–Trinajstić information content (AvgIpc) is 2.17. The van der Waals surface area contributed by atoms with Crippen LogP contribution in [-0.4, -0.2) is 12.1 Å². The van der Waals surface area contributed by atoms with E-state index in [1.807, 2.05) is 6.07 Å². The Labute approximate surface area is 89.5 Å². The summed E-state index contributed by atoms with van der Waals surface area (Å²) in [7, 11) is 0. The third-order valence-electron chi connectivity index (χ3n) is 1.78. The van der Waals surface area contributed by atoms with Crippen molar-refractivity contribution < 1.29 is 9.59 Å². The van der Waals surface area contributed by atoms with Crippen LogP contribution in [-0.2, 0) is 0 Å². The molecule has 0 spiro atoms. The number of carbonyl (C=O) groups excluding carboxylic acids is 2. The minimum atomic E-state index is -0.287. The molecule has 0 fully saturated rings. The molecule has 0 heterocycles. The molecule has 14 heavy (non-hydrogen) atoms. The van der Waals surface area contributed by atoms with Crippen LogP contribution < -0.4 is 0 Å². The molecule has 0 N–H and O–H groups in total. The van der Waals surface area contributed by atoms with E-state index in [0.717, 1.165) is 0 Å². The molecule has 0 radical (unpaired) electrons. The van der Waals surface area contributed by atoms with Crippen LogP contribution in [0.3, 0.4) is 0 Å². The first-order valence-electron chi connectivity index (χ1n) is 3.80. The largest absolute Gasteiger partial charge is 0.298 e. The number of halogens is 1. The van der Waals surface area contributed by atoms with E-state index in [2.05, 4.69) is 15.9 Å². The van der Waals surface area contributed by atoms with Gasteiger partial charge in [0.05, 0.1) is 5.56 Å². The molecule has 0 bridgehead atoms. The van der Waals surface area contributed by atoms with Gasteiger partial charge < -0.3 is 0 Å². The third-order valence-corrected chi connectivity index (χ3v) is 2.44. The predicted molar refractivity (Wildman–Crippen MR) is 54.2 cm³/mol. The van der Waals surface area contributed by atoms with Gasteiger partial charge in [-0.15, -0.1) is 0 Å². The highest BCUT2D eigenvalue weighted by atomic mass is 79.9. The van der Waals surface area contributed by atoms with Crippen molar-refractivity contribution in [2.24, 2.45) is 0 Å². The zero-order valence-electron chi connectivity index (χ0n) is 7.37. The van der Waals surface area contributed by atoms with Crippen LogP contribution in [0.5, 0.6) is 0 Å². The van der Waals surface area contributed by atoms with Crippen molar-refractivity contribution in [2.75, 3.05) is 0 Å². The number of rotatable bonds is 2. The molecular formula is C10H6BrNO2. The maximum Gasteiger partial charge on any atom is 0.161 e. The van der Waals surface area contributed by atoms with Gasteiger partial charge in [0.2, 0.25) is 0 Å². The van der Waals surface area contributed by atoms with E-state index in [4.69, 9.17) is 5.26 Å². The zero-order chi connectivity index (χ0) is 10.7. The fourth-order valence-electron chi connectivity index (χ4n) is 1.18. The van der Waals surface area contributed by atoms with Gasteiger partial charge in [-0.2, -0.15) is 5.26 Å². The molecule has 0 amide bonds. The van der Waals surface area contributed by atoms with Gasteiger partial charge in [-0.3, -0.25) is 9.59 Å². The van der Waals surface area contributed by atoms with Crippen molar-refractivity contribution in [1.82, 2.24) is 0 Å². The third kappa shape index (κ3) is 1.73. The highest BCUT2D eigenvalue weighted by molar-refractivity contribution is 9.10. The first-order chi connectivity index (χ1) is 6.61. The summed E-state index contributed by atoms with van der Waals surface area (Å²) in [5, 5.41) is 8.82. The maximum absolute atomic E-state index is 11.2. The summed E-state index contributed by atoms with van der Waals surface area (Å²) in [6.45, 7) is 1.33. The summed E-state index contributed by atoms with van der Waals surface area (Å²) in [5.41, 5.74) is 0.635. The molecule has 1 rings (SSSR count). The molecule has 0 atom stereocenters. The van der Waals surface area contributed by atoms with Crippen molar-refractivity contribution in [3.05, 3.63) is 33.3 Å². The Morgan fingerprint density at radius 3 is 2.64 bits per heavy atom. The van der Waals surface area contributed by atoms with Crippen LogP contribution >= 0.6 is 15.9 Å². The standard InChI is InChI=1S/C10H6BrNO2/c1-6(14)10-7(5-13)2-3-9(11)8(10)4-12/h2-3,5H,1H3. The molecule has 0 aliphatic carbocycles. The molecule has 0 aromatic heterocycles. The molecule has 4 heteroatoms. The Hall–Kier alpha value is -1.47. The number of hydrogen-bond acceptors (Lipinski definition) is 3. The number of benzene rings is 1. The van der Waals surface area contributed by atoms with Crippen LogP contribution in [0.1, 0.15) is 33.2 Å². The smallest absolute Gasteiger partial charge is 0.161 e. The first-order valence-corrected chi connectivity index (χ1v) is 4.59. The predicted octanol–water partition coefficient (Wildman–Crippen LogP) is 2.34. The van der Waals surface area contributed by atoms with Crippen LogP contribution in [0.15, 0.2) is 16.6 Å². The Kier molecular flexibility index (Phi) is 3.15. The van der Waals surface area contributed by atoms with Gasteiger partial charge >= 0.3 is 0 Å². The molecule has 0 aliphatic rings. The number of Topliss-reactive ketones (excluding diaryl/α,β-unsaturated/α-hetero) is 1. The van der Waals surface area contributed by atoms with Crippen molar-refractivity contribution in [3.8, 4) is 6.07 Å². The van der Waals surface area contributed by atoms with Gasteiger partial charge in [-0.25, -0.2) is 0 Å². The van der Waals surface area contributed by atoms with Crippen molar-refractivity contribution in [3.63, 3.8) is 0 Å². The molecule has 1 aromatic rings. The van der Waals surface area contributed by atoms with E-state index >= 15 is 0 Å². The highest BCUT2D eigenvalue weighted by Crippen LogP contribution is 2.22. The number of hydrogen-bond donors (Lipinski definition) is 0. The van der Waals surface area contributed by atoms with E-state index in [1.54, 1.807) is 6.07 Å². The SMILES string of the molecule is CC(=O)c1c(C=O)ccc(Br)c1C#N. The number of carbonyl (C=O) groups is 2. The molecule has 70 valence electrons. The monoisotopic (exact) mass is 251 g/mol. The quantitative estimate of drug-likeness (QED) is 0.599. The lowest BCUT2D eigenvalue weighted by molar-refractivity contribution is 0.100. The summed E-state index contributed by atoms with van der Waals surface area (Å²) in [6, 6.07) is 4.98. The normalized spacial score (nSPS) is 9.21. The second-order valence-electron chi connectivity index (χ2n) is 2.67. The molecule has 0 aliphatic heterocycles. The summed E-state index contributed by atoms with van der Waals surface area (Å²) in [6.07, 6.45) is 0.573. The van der Waals surface area contributed by atoms with Gasteiger partial charge in [-0.05, 0) is 35.0 Å². The van der Waals surface area contributed by atoms with E-state index < -0.39 is 0 Å². The van der Waals surface area contributed by atoms with Gasteiger partial charge in [0.25, 0.3) is 0 Å². The van der Waals surface area contributed by atoms with E-state index in [9.17, 15) is 9.59 Å². The van der Waals surface area contributed by atoms with Crippen LogP contribution in [0.25, 0.3) is 0 Å². The lowest BCUT2D eigenvalue weighted by Gasteiger charge is -2.04. The Morgan fingerprint density at radius 2 is 2.21 bits per heavy atom. The summed E-state index contributed by atoms with van der Waals surface area (Å²) in [4.78, 5) is 21.9. The average molecular weight is 252 g/mol. The minimum Gasteiger partial charge on any atom is -0.298 e. The number of nitrogens with zero attached hydrogens (tertiary/aromatic N) is 1. The van der Waals surface area contributed by atoms with E-state index in [-0.39, 0.29) is 22.5 Å². The summed E-state index contributed by atoms with van der Waals surface area (Å²) < 4.78 is 0.524. The fraction of sp³-hybridized carbons (Fsp3) is 0.100. The van der Waals surface area contributed by atoms with E-state index in [1.165, 1.54) is 13.0 Å². The fourth-order valence-corrected chi connectivity index (χ4v) is 1.60. The number of nitriles is 1. The van der Waals surface area contributed by atoms with Crippen LogP contribution in [0, 0.1) is 11.3 Å². The molecular weight excluding hydrogens is 246 g/mol. The van der Waals surface area contributed by atoms with Crippen LogP contribution in [0.4, 0.5) is 0 Å². The number of aldehydes is 1. The Bertz CT molecular complexity index is 446. The molecule has 0 saturated carbocycles. The topological polar surface area (TPSA) is 57.9 Å². The van der Waals surface area contributed by atoms with Crippen molar-refractivity contribution in [1.29, 1.82) is 5.26 Å². The van der Waals surface area contributed by atoms with Crippen LogP contribution in [0.2, 0.25) is 0 Å². The van der Waals surface area contributed by atoms with Crippen molar-refractivity contribution >= 4 is 28.0 Å². The van der Waals surface area contributed by atoms with Gasteiger partial charge in [0, 0.05) is 15.6 Å². The Balaban J connectivity index is 3.62. The summed E-state index contributed by atoms with van der Waals surface area (Å²) >= 11 is 3.15. The molecule has 0 saturated heterocycles. The zero-order valence-corrected chi connectivity index (χ0v) is 8.96. The summed E-state index contributed by atoms with van der Waals surface area (Å²) in [5.74, 6) is -0.287. The first kappa shape index (κ1) is 10.6. The molecule has 0 unspecified atom stereocenters. The van der Waals surface area contributed by atoms with Gasteiger partial charge in [0.1, 0.15) is 6.07 Å². The maximum atomic E-state index is 11.2. The van der Waals surface area contributed by atoms with E-state index in [0.29, 0.717) is 10.8 Å². The highest BCUT2D eigenvalue weighted by Gasteiger charge is 2.14. The second kappa shape index (κ2) is 4.16. The Morgan fingerprint density at radius 1 is 1.57 bits per heavy atom.